The predicted molar refractivity (Wildman–Crippen MR) is 82.5 cm³/mol. The summed E-state index contributed by atoms with van der Waals surface area (Å²) in [6.07, 6.45) is 3.91. The summed E-state index contributed by atoms with van der Waals surface area (Å²) in [5.41, 5.74) is 0. The molecule has 3 heterocycles. The van der Waals surface area contributed by atoms with Crippen molar-refractivity contribution >= 4 is 17.7 Å². The lowest BCUT2D eigenvalue weighted by Gasteiger charge is -2.44. The molecule has 2 bridgehead atoms. The number of nitrogens with zero attached hydrogens (tertiary/aromatic N) is 1. The van der Waals surface area contributed by atoms with Gasteiger partial charge in [0.05, 0.1) is 0 Å². The van der Waals surface area contributed by atoms with Gasteiger partial charge in [-0.15, -0.1) is 0 Å². The molecule has 3 fully saturated rings. The highest BCUT2D eigenvalue weighted by Crippen LogP contribution is 2.27. The summed E-state index contributed by atoms with van der Waals surface area (Å²) >= 11 is 1.35. The third-order valence-corrected chi connectivity index (χ3v) is 5.00. The average Bonchev–Trinajstić information content (AvgIpc) is 2.48. The van der Waals surface area contributed by atoms with Gasteiger partial charge in [-0.2, -0.15) is 0 Å². The second-order valence-corrected chi connectivity index (χ2v) is 6.61. The van der Waals surface area contributed by atoms with E-state index >= 15 is 0 Å². The molecule has 1 atom stereocenters. The fourth-order valence-corrected chi connectivity index (χ4v) is 3.76. The highest BCUT2D eigenvalue weighted by molar-refractivity contribution is 8.02. The molecule has 0 spiro atoms. The van der Waals surface area contributed by atoms with Crippen LogP contribution in [0.15, 0.2) is 40.6 Å². The first-order chi connectivity index (χ1) is 10.2. The molecule has 112 valence electrons. The Balaban J connectivity index is 1.49. The number of hydrogen-bond acceptors (Lipinski definition) is 3. The van der Waals surface area contributed by atoms with Crippen LogP contribution in [0, 0.1) is 11.7 Å². The Labute approximate surface area is 128 Å². The molecule has 1 aromatic carbocycles. The number of carbonyl (C=O) groups is 1. The number of amides is 1. The number of halogens is 1. The van der Waals surface area contributed by atoms with Crippen molar-refractivity contribution in [1.82, 2.24) is 10.2 Å². The molecule has 0 aliphatic carbocycles. The van der Waals surface area contributed by atoms with E-state index in [-0.39, 0.29) is 17.8 Å². The smallest absolute Gasteiger partial charge is 0.244 e. The SMILES string of the molecule is O=C(/C=C/Sc1cccc(F)c1)NC1CN2CCC1CC2. The molecule has 3 saturated heterocycles. The number of piperidine rings is 3. The first kappa shape index (κ1) is 14.6. The number of rotatable bonds is 4. The monoisotopic (exact) mass is 306 g/mol. The van der Waals surface area contributed by atoms with Gasteiger partial charge in [-0.25, -0.2) is 4.39 Å². The van der Waals surface area contributed by atoms with Gasteiger partial charge in [0, 0.05) is 23.6 Å². The third-order valence-electron chi connectivity index (χ3n) is 4.20. The molecule has 21 heavy (non-hydrogen) atoms. The maximum atomic E-state index is 13.0. The van der Waals surface area contributed by atoms with Crippen LogP contribution in [0.2, 0.25) is 0 Å². The molecule has 1 unspecified atom stereocenters. The Kier molecular flexibility index (Phi) is 4.60. The minimum absolute atomic E-state index is 0.0577. The molecule has 3 aliphatic rings. The molecule has 5 heteroatoms. The van der Waals surface area contributed by atoms with E-state index in [0.717, 1.165) is 11.4 Å². The molecule has 0 aromatic heterocycles. The topological polar surface area (TPSA) is 32.3 Å². The summed E-state index contributed by atoms with van der Waals surface area (Å²) in [6, 6.07) is 6.64. The van der Waals surface area contributed by atoms with Crippen molar-refractivity contribution in [3.8, 4) is 0 Å². The summed E-state index contributed by atoms with van der Waals surface area (Å²) in [5, 5.41) is 4.81. The molecule has 3 nitrogen and oxygen atoms in total. The average molecular weight is 306 g/mol. The quantitative estimate of drug-likeness (QED) is 0.685. The standard InChI is InChI=1S/C16H19FN2OS/c17-13-2-1-3-14(10-13)21-9-6-16(20)18-15-11-19-7-4-12(15)5-8-19/h1-3,6,9-10,12,15H,4-5,7-8,11H2,(H,18,20)/b9-6+. The first-order valence-corrected chi connectivity index (χ1v) is 8.20. The summed E-state index contributed by atoms with van der Waals surface area (Å²) < 4.78 is 13.0. The predicted octanol–water partition coefficient (Wildman–Crippen LogP) is 2.64. The zero-order valence-corrected chi connectivity index (χ0v) is 12.6. The van der Waals surface area contributed by atoms with Crippen LogP contribution in [-0.4, -0.2) is 36.5 Å². The van der Waals surface area contributed by atoms with Gasteiger partial charge in [0.15, 0.2) is 0 Å². The maximum Gasteiger partial charge on any atom is 0.244 e. The number of thioether (sulfide) groups is 1. The van der Waals surface area contributed by atoms with Gasteiger partial charge < -0.3 is 10.2 Å². The van der Waals surface area contributed by atoms with E-state index in [1.807, 2.05) is 6.07 Å². The van der Waals surface area contributed by atoms with Gasteiger partial charge in [-0.3, -0.25) is 4.79 Å². The lowest BCUT2D eigenvalue weighted by atomic mass is 9.84. The Morgan fingerprint density at radius 1 is 1.38 bits per heavy atom. The number of carbonyl (C=O) groups excluding carboxylic acids is 1. The van der Waals surface area contributed by atoms with E-state index < -0.39 is 0 Å². The Hall–Kier alpha value is -1.33. The lowest BCUT2D eigenvalue weighted by molar-refractivity contribution is -0.118. The number of benzene rings is 1. The Morgan fingerprint density at radius 3 is 2.86 bits per heavy atom. The summed E-state index contributed by atoms with van der Waals surface area (Å²) in [5.74, 6) is 0.311. The van der Waals surface area contributed by atoms with E-state index in [1.54, 1.807) is 11.5 Å². The van der Waals surface area contributed by atoms with Gasteiger partial charge in [0.25, 0.3) is 0 Å². The molecule has 1 aromatic rings. The van der Waals surface area contributed by atoms with Crippen molar-refractivity contribution in [1.29, 1.82) is 0 Å². The summed E-state index contributed by atoms with van der Waals surface area (Å²) in [4.78, 5) is 15.1. The van der Waals surface area contributed by atoms with E-state index in [0.29, 0.717) is 5.92 Å². The van der Waals surface area contributed by atoms with Crippen LogP contribution in [0.4, 0.5) is 4.39 Å². The van der Waals surface area contributed by atoms with Gasteiger partial charge in [0.2, 0.25) is 5.91 Å². The minimum atomic E-state index is -0.259. The van der Waals surface area contributed by atoms with Crippen LogP contribution in [0.3, 0.4) is 0 Å². The van der Waals surface area contributed by atoms with E-state index in [4.69, 9.17) is 0 Å². The minimum Gasteiger partial charge on any atom is -0.348 e. The fraction of sp³-hybridized carbons (Fsp3) is 0.438. The largest absolute Gasteiger partial charge is 0.348 e. The summed E-state index contributed by atoms with van der Waals surface area (Å²) in [7, 11) is 0. The molecule has 1 amide bonds. The van der Waals surface area contributed by atoms with E-state index in [2.05, 4.69) is 10.2 Å². The molecule has 4 rings (SSSR count). The second-order valence-electron chi connectivity index (χ2n) is 5.63. The molecular formula is C16H19FN2OS. The molecule has 3 aliphatic heterocycles. The normalized spacial score (nSPS) is 28.0. The van der Waals surface area contributed by atoms with Gasteiger partial charge in [-0.1, -0.05) is 17.8 Å². The van der Waals surface area contributed by atoms with E-state index in [9.17, 15) is 9.18 Å². The molecule has 0 radical (unpaired) electrons. The number of nitrogens with one attached hydrogen (secondary N) is 1. The van der Waals surface area contributed by atoms with Crippen LogP contribution >= 0.6 is 11.8 Å². The molecule has 1 N–H and O–H groups in total. The Bertz CT molecular complexity index is 541. The van der Waals surface area contributed by atoms with Crippen molar-refractivity contribution < 1.29 is 9.18 Å². The molecular weight excluding hydrogens is 287 g/mol. The number of hydrogen-bond donors (Lipinski definition) is 1. The first-order valence-electron chi connectivity index (χ1n) is 7.32. The Morgan fingerprint density at radius 2 is 2.19 bits per heavy atom. The fourth-order valence-electron chi connectivity index (χ4n) is 3.07. The van der Waals surface area contributed by atoms with Gasteiger partial charge in [0.1, 0.15) is 5.82 Å². The maximum absolute atomic E-state index is 13.0. The summed E-state index contributed by atoms with van der Waals surface area (Å²) in [6.45, 7) is 3.31. The third kappa shape index (κ3) is 3.86. The van der Waals surface area contributed by atoms with Crippen molar-refractivity contribution in [3.63, 3.8) is 0 Å². The van der Waals surface area contributed by atoms with Crippen LogP contribution in [0.25, 0.3) is 0 Å². The highest BCUT2D eigenvalue weighted by atomic mass is 32.2. The van der Waals surface area contributed by atoms with Crippen LogP contribution in [-0.2, 0) is 4.79 Å². The van der Waals surface area contributed by atoms with Gasteiger partial charge >= 0.3 is 0 Å². The van der Waals surface area contributed by atoms with Crippen LogP contribution in [0.1, 0.15) is 12.8 Å². The van der Waals surface area contributed by atoms with E-state index in [1.165, 1.54) is 55.9 Å². The van der Waals surface area contributed by atoms with Gasteiger partial charge in [-0.05, 0) is 55.5 Å². The van der Waals surface area contributed by atoms with Crippen molar-refractivity contribution in [2.24, 2.45) is 5.92 Å². The van der Waals surface area contributed by atoms with Crippen molar-refractivity contribution in [2.45, 2.75) is 23.8 Å². The highest BCUT2D eigenvalue weighted by Gasteiger charge is 2.34. The second kappa shape index (κ2) is 6.62. The van der Waals surface area contributed by atoms with Crippen LogP contribution < -0.4 is 5.32 Å². The zero-order valence-electron chi connectivity index (χ0n) is 11.8. The van der Waals surface area contributed by atoms with Crippen molar-refractivity contribution in [2.75, 3.05) is 19.6 Å². The number of fused-ring (bicyclic) bond motifs is 3. The lowest BCUT2D eigenvalue weighted by Crippen LogP contribution is -2.57. The molecule has 0 saturated carbocycles. The van der Waals surface area contributed by atoms with Crippen molar-refractivity contribution in [3.05, 3.63) is 41.6 Å². The zero-order chi connectivity index (χ0) is 14.7. The van der Waals surface area contributed by atoms with Crippen LogP contribution in [0.5, 0.6) is 0 Å².